The zero-order chi connectivity index (χ0) is 47.8. The summed E-state index contributed by atoms with van der Waals surface area (Å²) in [5.41, 5.74) is 7.58. The van der Waals surface area contributed by atoms with Crippen molar-refractivity contribution in [3.8, 4) is 5.75 Å². The summed E-state index contributed by atoms with van der Waals surface area (Å²) in [5.74, 6) is 0.793. The minimum Gasteiger partial charge on any atom is -0.486 e. The number of ether oxygens (including phenoxy) is 2. The lowest BCUT2D eigenvalue weighted by molar-refractivity contribution is -0.148. The fourth-order valence-electron chi connectivity index (χ4n) is 16.4. The van der Waals surface area contributed by atoms with Crippen LogP contribution in [0.25, 0.3) is 21.0 Å². The zero-order valence-electron chi connectivity index (χ0n) is 40.4. The molecule has 2 heterocycles. The lowest BCUT2D eigenvalue weighted by atomic mass is 9.52. The van der Waals surface area contributed by atoms with Crippen LogP contribution in [0.15, 0.2) is 125 Å². The maximum Gasteiger partial charge on any atom is 0.303 e. The molecule has 5 unspecified atom stereocenters. The molecule has 69 heavy (non-hydrogen) atoms. The first-order chi connectivity index (χ1) is 33.1. The van der Waals surface area contributed by atoms with Gasteiger partial charge in [-0.25, -0.2) is 0 Å². The summed E-state index contributed by atoms with van der Waals surface area (Å²) in [5, 5.41) is 14.9. The van der Waals surface area contributed by atoms with E-state index in [-0.39, 0.29) is 87.7 Å². The van der Waals surface area contributed by atoms with Gasteiger partial charge in [0.15, 0.2) is 17.3 Å². The van der Waals surface area contributed by atoms with Gasteiger partial charge in [0.2, 0.25) is 0 Å². The maximum atomic E-state index is 15.2. The van der Waals surface area contributed by atoms with Crippen LogP contribution < -0.4 is 4.74 Å². The molecule has 0 bridgehead atoms. The Balaban J connectivity index is 0.855. The number of thiophene rings is 1. The number of nitrogens with one attached hydrogen (secondary N) is 1. The fourth-order valence-corrected chi connectivity index (χ4v) is 17.4. The molecule has 4 saturated carbocycles. The molecule has 4 aromatic rings. The summed E-state index contributed by atoms with van der Waals surface area (Å²) in [6.07, 6.45) is 25.3. The monoisotopic (exact) mass is 941 g/mol. The Morgan fingerprint density at radius 1 is 0.783 bits per heavy atom. The van der Waals surface area contributed by atoms with Crippen molar-refractivity contribution in [3.05, 3.63) is 136 Å². The predicted molar refractivity (Wildman–Crippen MR) is 270 cm³/mol. The fraction of sp³-hybridized carbons (Fsp3) is 0.467. The number of hydrogen-bond donors (Lipinski definition) is 2. The normalized spacial score (nSPS) is 37.3. The number of benzene rings is 2. The number of aromatic amines is 1. The van der Waals surface area contributed by atoms with Gasteiger partial charge in [0, 0.05) is 51.4 Å². The van der Waals surface area contributed by atoms with E-state index in [2.05, 4.69) is 105 Å². The summed E-state index contributed by atoms with van der Waals surface area (Å²) in [6.45, 7) is 10.3. The van der Waals surface area contributed by atoms with Crippen LogP contribution >= 0.6 is 11.3 Å². The number of carbonyl (C=O) groups is 4. The van der Waals surface area contributed by atoms with E-state index in [1.54, 1.807) is 17.4 Å². The van der Waals surface area contributed by atoms with E-state index in [1.165, 1.54) is 40.2 Å². The molecule has 0 aliphatic heterocycles. The van der Waals surface area contributed by atoms with E-state index in [0.717, 1.165) is 72.5 Å². The van der Waals surface area contributed by atoms with Crippen molar-refractivity contribution in [2.75, 3.05) is 13.2 Å². The summed E-state index contributed by atoms with van der Waals surface area (Å²) in [6, 6.07) is 14.6. The Hall–Kier alpha value is -5.38. The maximum absolute atomic E-state index is 15.2. The number of para-hydroxylation sites is 1. The molecule has 2 aromatic carbocycles. The highest BCUT2D eigenvalue weighted by molar-refractivity contribution is 7.17. The van der Waals surface area contributed by atoms with Crippen LogP contribution in [-0.2, 0) is 23.9 Å². The van der Waals surface area contributed by atoms with Crippen LogP contribution in [0.4, 0.5) is 0 Å². The molecule has 2 aromatic heterocycles. The number of esters is 1. The largest absolute Gasteiger partial charge is 0.486 e. The van der Waals surface area contributed by atoms with Crippen molar-refractivity contribution in [2.24, 2.45) is 57.2 Å². The van der Waals surface area contributed by atoms with Gasteiger partial charge < -0.3 is 19.6 Å². The van der Waals surface area contributed by atoms with Gasteiger partial charge in [0.05, 0.1) is 6.10 Å². The molecule has 4 fully saturated rings. The third kappa shape index (κ3) is 6.75. The van der Waals surface area contributed by atoms with Crippen LogP contribution in [0, 0.1) is 57.2 Å². The standard InChI is InChI=1S/C60H63NO7S/c1-33(62)67-30-52(65)56-44(28-50-41-14-11-35-25-37(64)17-21-58(35,3)48(41)19-23-60(50,56)5)46-32-69-54-15-12-38(26-42(46)54)68-31-53(66)55-43(45-29-61-51-9-7-6-8-39(45)51)27-49-40-13-10-34-24-36(63)16-20-57(34,2)47(40)18-22-59(49,55)4/h6-9,12,15-21,24-26,29,32,37,40-41,43-44,49-50,55-56,61,64H,10-11,13-14,22-23,27-28,30-31H2,1-5H3/t37?,40?,41?,43-,44+,49?,50?,55-,56-,57+,58+,59+,60+/m1/s1. The quantitative estimate of drug-likeness (QED) is 0.127. The Morgan fingerprint density at radius 2 is 1.43 bits per heavy atom. The SMILES string of the molecule is CC(=O)OCC(=O)[C@H]1[C@H](c2csc3ccc(OCC(=O)[C@H]4[C@@H](c5c[nH]c6ccccc56)CC5C6CCC7=CC(=O)C=C[C@]7(C)C6=CC[C@@]54C)cc23)CC2C3CCC4=CC(O)C=C[C@]4(C)C3=CC[C@@]21C. The first-order valence-corrected chi connectivity index (χ1v) is 26.3. The molecular formula is C60H63NO7S. The first-order valence-electron chi connectivity index (χ1n) is 25.4. The Morgan fingerprint density at radius 3 is 2.14 bits per heavy atom. The average molecular weight is 942 g/mol. The number of hydrogen-bond acceptors (Lipinski definition) is 8. The van der Waals surface area contributed by atoms with Gasteiger partial charge in [-0.05, 0) is 170 Å². The second-order valence-electron chi connectivity index (χ2n) is 22.9. The highest BCUT2D eigenvalue weighted by atomic mass is 32.1. The number of fused-ring (bicyclic) bond motifs is 12. The van der Waals surface area contributed by atoms with E-state index in [4.69, 9.17) is 9.47 Å². The second kappa shape index (κ2) is 16.1. The first kappa shape index (κ1) is 44.8. The minimum absolute atomic E-state index is 0.0120. The van der Waals surface area contributed by atoms with Gasteiger partial charge in [-0.1, -0.05) is 90.8 Å². The molecule has 8 nitrogen and oxygen atoms in total. The van der Waals surface area contributed by atoms with E-state index in [9.17, 15) is 19.5 Å². The van der Waals surface area contributed by atoms with E-state index < -0.39 is 12.1 Å². The van der Waals surface area contributed by atoms with Gasteiger partial charge >= 0.3 is 5.97 Å². The molecular weight excluding hydrogens is 879 g/mol. The molecule has 0 amide bonds. The Kier molecular flexibility index (Phi) is 10.4. The summed E-state index contributed by atoms with van der Waals surface area (Å²) in [7, 11) is 0. The number of rotatable bonds is 9. The van der Waals surface area contributed by atoms with E-state index in [0.29, 0.717) is 17.6 Å². The number of ketones is 3. The van der Waals surface area contributed by atoms with Gasteiger partial charge in [-0.2, -0.15) is 0 Å². The van der Waals surface area contributed by atoms with Crippen molar-refractivity contribution in [1.82, 2.24) is 4.98 Å². The molecule has 9 heteroatoms. The summed E-state index contributed by atoms with van der Waals surface area (Å²) < 4.78 is 13.2. The van der Waals surface area contributed by atoms with Crippen LogP contribution in [-0.4, -0.2) is 52.7 Å². The van der Waals surface area contributed by atoms with Crippen molar-refractivity contribution in [2.45, 2.75) is 104 Å². The molecule has 356 valence electrons. The lowest BCUT2D eigenvalue weighted by Crippen LogP contribution is -2.45. The third-order valence-electron chi connectivity index (χ3n) is 19.6. The number of Topliss-reactive ketones (excluding diaryl/α,β-unsaturated/α-hetero) is 2. The van der Waals surface area contributed by atoms with E-state index >= 15 is 4.79 Å². The van der Waals surface area contributed by atoms with Crippen molar-refractivity contribution in [1.29, 1.82) is 0 Å². The molecule has 12 rings (SSSR count). The number of aliphatic hydroxyl groups is 1. The highest BCUT2D eigenvalue weighted by Crippen LogP contribution is 2.69. The predicted octanol–water partition coefficient (Wildman–Crippen LogP) is 12.0. The number of aliphatic hydroxyl groups excluding tert-OH is 1. The minimum atomic E-state index is -0.558. The van der Waals surface area contributed by atoms with Crippen LogP contribution in [0.5, 0.6) is 5.75 Å². The second-order valence-corrected chi connectivity index (χ2v) is 23.8. The van der Waals surface area contributed by atoms with Crippen molar-refractivity contribution >= 4 is 55.6 Å². The highest BCUT2D eigenvalue weighted by Gasteiger charge is 2.62. The number of aromatic nitrogens is 1. The topological polar surface area (TPSA) is 123 Å². The summed E-state index contributed by atoms with van der Waals surface area (Å²) in [4.78, 5) is 57.9. The Bertz CT molecular complexity index is 3070. The number of H-pyrrole nitrogens is 1. The molecule has 0 saturated heterocycles. The van der Waals surface area contributed by atoms with Crippen LogP contribution in [0.1, 0.15) is 109 Å². The van der Waals surface area contributed by atoms with Gasteiger partial charge in [0.25, 0.3) is 0 Å². The van der Waals surface area contributed by atoms with Crippen molar-refractivity contribution in [3.63, 3.8) is 0 Å². The third-order valence-corrected chi connectivity index (χ3v) is 20.6. The Labute approximate surface area is 408 Å². The number of carbonyl (C=O) groups excluding carboxylic acids is 4. The van der Waals surface area contributed by atoms with E-state index in [1.807, 2.05) is 24.3 Å². The molecule has 8 aliphatic rings. The summed E-state index contributed by atoms with van der Waals surface area (Å²) >= 11 is 1.68. The van der Waals surface area contributed by atoms with Gasteiger partial charge in [0.1, 0.15) is 19.0 Å². The molecule has 2 N–H and O–H groups in total. The molecule has 13 atom stereocenters. The molecule has 8 aliphatic carbocycles. The lowest BCUT2D eigenvalue weighted by Gasteiger charge is -2.52. The van der Waals surface area contributed by atoms with Crippen LogP contribution in [0.3, 0.4) is 0 Å². The number of allylic oxidation sites excluding steroid dienone is 10. The smallest absolute Gasteiger partial charge is 0.303 e. The zero-order valence-corrected chi connectivity index (χ0v) is 41.2. The average Bonchev–Trinajstić information content (AvgIpc) is 4.10. The van der Waals surface area contributed by atoms with Crippen LogP contribution in [0.2, 0.25) is 0 Å². The van der Waals surface area contributed by atoms with Gasteiger partial charge in [-0.15, -0.1) is 11.3 Å². The van der Waals surface area contributed by atoms with Gasteiger partial charge in [-0.3, -0.25) is 19.2 Å². The van der Waals surface area contributed by atoms with Crippen molar-refractivity contribution < 1.29 is 33.8 Å². The molecule has 0 radical (unpaired) electrons. The molecule has 0 spiro atoms.